The van der Waals surface area contributed by atoms with Crippen molar-refractivity contribution in [3.63, 3.8) is 0 Å². The summed E-state index contributed by atoms with van der Waals surface area (Å²) in [6.07, 6.45) is 1.77. The average molecular weight is 419 g/mol. The smallest absolute Gasteiger partial charge is 0.234 e. The van der Waals surface area contributed by atoms with Crippen molar-refractivity contribution in [3.05, 3.63) is 48.0 Å². The van der Waals surface area contributed by atoms with Gasteiger partial charge in [0.25, 0.3) is 0 Å². The third-order valence-electron chi connectivity index (χ3n) is 5.65. The molecule has 0 atom stereocenters. The number of fused-ring (bicyclic) bond motifs is 1. The summed E-state index contributed by atoms with van der Waals surface area (Å²) in [5.74, 6) is 1.11. The number of anilines is 1. The Balaban J connectivity index is 1.50. The predicted octanol–water partition coefficient (Wildman–Crippen LogP) is 3.68. The Morgan fingerprint density at radius 1 is 1.10 bits per heavy atom. The zero-order valence-corrected chi connectivity index (χ0v) is 18.8. The van der Waals surface area contributed by atoms with E-state index in [9.17, 15) is 5.26 Å². The number of ether oxygens (including phenoxy) is 1. The minimum absolute atomic E-state index is 0.103. The first kappa shape index (κ1) is 21.1. The van der Waals surface area contributed by atoms with Gasteiger partial charge in [0.2, 0.25) is 5.82 Å². The fraction of sp³-hybridized carbons (Fsp3) is 0.458. The third kappa shape index (κ3) is 4.80. The molecule has 4 rings (SSSR count). The molecule has 31 heavy (non-hydrogen) atoms. The molecular weight excluding hydrogens is 388 g/mol. The second-order valence-corrected chi connectivity index (χ2v) is 9.33. The maximum atomic E-state index is 9.23. The maximum absolute atomic E-state index is 9.23. The minimum atomic E-state index is 0.103. The lowest BCUT2D eigenvalue weighted by Crippen LogP contribution is -2.46. The predicted molar refractivity (Wildman–Crippen MR) is 122 cm³/mol. The molecular formula is C24H30N6O. The molecule has 162 valence electrons. The highest BCUT2D eigenvalue weighted by Gasteiger charge is 2.22. The third-order valence-corrected chi connectivity index (χ3v) is 5.65. The van der Waals surface area contributed by atoms with Gasteiger partial charge in [-0.2, -0.15) is 5.26 Å². The number of rotatable bonds is 5. The Hall–Kier alpha value is -3.11. The van der Waals surface area contributed by atoms with Crippen LogP contribution < -0.4 is 9.64 Å². The van der Waals surface area contributed by atoms with E-state index in [1.54, 1.807) is 13.3 Å². The molecule has 0 bridgehead atoms. The van der Waals surface area contributed by atoms with E-state index in [0.717, 1.165) is 56.1 Å². The molecule has 3 aromatic rings. The van der Waals surface area contributed by atoms with Crippen molar-refractivity contribution in [1.82, 2.24) is 19.4 Å². The van der Waals surface area contributed by atoms with Gasteiger partial charge in [0.05, 0.1) is 7.11 Å². The number of hydrogen-bond acceptors (Lipinski definition) is 6. The summed E-state index contributed by atoms with van der Waals surface area (Å²) < 4.78 is 7.54. The molecule has 0 unspecified atom stereocenters. The summed E-state index contributed by atoms with van der Waals surface area (Å²) in [4.78, 5) is 13.6. The number of benzene rings is 1. The zero-order valence-electron chi connectivity index (χ0n) is 18.8. The van der Waals surface area contributed by atoms with Gasteiger partial charge in [-0.3, -0.25) is 4.90 Å². The minimum Gasteiger partial charge on any atom is -0.497 e. The first-order valence-corrected chi connectivity index (χ1v) is 10.7. The molecule has 7 heteroatoms. The highest BCUT2D eigenvalue weighted by molar-refractivity contribution is 5.77. The maximum Gasteiger partial charge on any atom is 0.234 e. The largest absolute Gasteiger partial charge is 0.497 e. The molecule has 1 aromatic carbocycles. The van der Waals surface area contributed by atoms with Crippen LogP contribution in [0.1, 0.15) is 32.3 Å². The number of nitrogens with zero attached hydrogens (tertiary/aromatic N) is 6. The first-order chi connectivity index (χ1) is 14.9. The van der Waals surface area contributed by atoms with Gasteiger partial charge < -0.3 is 14.2 Å². The zero-order chi connectivity index (χ0) is 22.0. The highest BCUT2D eigenvalue weighted by atomic mass is 16.5. The van der Waals surface area contributed by atoms with Crippen molar-refractivity contribution in [2.75, 3.05) is 38.2 Å². The van der Waals surface area contributed by atoms with Gasteiger partial charge in [-0.1, -0.05) is 20.8 Å². The van der Waals surface area contributed by atoms with Crippen LogP contribution in [0.5, 0.6) is 5.75 Å². The Kier molecular flexibility index (Phi) is 5.84. The van der Waals surface area contributed by atoms with Gasteiger partial charge >= 0.3 is 0 Å². The lowest BCUT2D eigenvalue weighted by atomic mass is 9.97. The van der Waals surface area contributed by atoms with Crippen LogP contribution in [-0.4, -0.2) is 52.7 Å². The van der Waals surface area contributed by atoms with Crippen molar-refractivity contribution < 1.29 is 4.74 Å². The summed E-state index contributed by atoms with van der Waals surface area (Å²) in [5, 5.41) is 10.2. The summed E-state index contributed by atoms with van der Waals surface area (Å²) in [7, 11) is 1.69. The average Bonchev–Trinajstić information content (AvgIpc) is 3.09. The topological polar surface area (TPSA) is 70.2 Å². The number of nitriles is 1. The highest BCUT2D eigenvalue weighted by Crippen LogP contribution is 2.26. The Labute approximate surface area is 183 Å². The molecule has 7 nitrogen and oxygen atoms in total. The fourth-order valence-corrected chi connectivity index (χ4v) is 4.12. The molecule has 0 aliphatic carbocycles. The van der Waals surface area contributed by atoms with Crippen molar-refractivity contribution in [1.29, 1.82) is 5.26 Å². The monoisotopic (exact) mass is 418 g/mol. The van der Waals surface area contributed by atoms with Crippen LogP contribution >= 0.6 is 0 Å². The van der Waals surface area contributed by atoms with E-state index in [2.05, 4.69) is 69.4 Å². The second kappa shape index (κ2) is 8.56. The van der Waals surface area contributed by atoms with Gasteiger partial charge in [-0.25, -0.2) is 9.97 Å². The molecule has 2 aromatic heterocycles. The van der Waals surface area contributed by atoms with Gasteiger partial charge in [-0.15, -0.1) is 0 Å². The number of aromatic nitrogens is 3. The quantitative estimate of drug-likeness (QED) is 0.630. The van der Waals surface area contributed by atoms with E-state index in [1.807, 2.05) is 12.1 Å². The number of piperazine rings is 1. The van der Waals surface area contributed by atoms with Crippen molar-refractivity contribution in [2.45, 2.75) is 33.9 Å². The number of hydrogen-bond donors (Lipinski definition) is 0. The lowest BCUT2D eigenvalue weighted by molar-refractivity contribution is 0.239. The molecule has 0 saturated carbocycles. The molecule has 1 saturated heterocycles. The van der Waals surface area contributed by atoms with E-state index in [-0.39, 0.29) is 11.2 Å². The molecule has 0 N–H and O–H groups in total. The fourth-order valence-electron chi connectivity index (χ4n) is 4.12. The van der Waals surface area contributed by atoms with Crippen LogP contribution in [-0.2, 0) is 13.1 Å². The summed E-state index contributed by atoms with van der Waals surface area (Å²) >= 11 is 0. The van der Waals surface area contributed by atoms with E-state index in [4.69, 9.17) is 4.74 Å². The van der Waals surface area contributed by atoms with Gasteiger partial charge in [-0.05, 0) is 35.7 Å². The SMILES string of the molecule is COc1ccc(N2CCN(Cc3cc4cnc(C#N)nc4n3CC(C)(C)C)CC2)cc1. The molecule has 0 spiro atoms. The van der Waals surface area contributed by atoms with E-state index in [0.29, 0.717) is 0 Å². The molecule has 1 fully saturated rings. The van der Waals surface area contributed by atoms with Crippen molar-refractivity contribution in [3.8, 4) is 11.8 Å². The van der Waals surface area contributed by atoms with Crippen LogP contribution in [0.25, 0.3) is 11.0 Å². The van der Waals surface area contributed by atoms with Crippen molar-refractivity contribution in [2.24, 2.45) is 5.41 Å². The van der Waals surface area contributed by atoms with Gasteiger partial charge in [0.1, 0.15) is 17.5 Å². The molecule has 0 radical (unpaired) electrons. The Morgan fingerprint density at radius 2 is 1.81 bits per heavy atom. The Morgan fingerprint density at radius 3 is 2.42 bits per heavy atom. The van der Waals surface area contributed by atoms with Crippen LogP contribution in [0.3, 0.4) is 0 Å². The summed E-state index contributed by atoms with van der Waals surface area (Å²) in [6.45, 7) is 12.4. The van der Waals surface area contributed by atoms with Crippen LogP contribution in [0.4, 0.5) is 5.69 Å². The van der Waals surface area contributed by atoms with Crippen LogP contribution in [0.2, 0.25) is 0 Å². The Bertz CT molecular complexity index is 1080. The van der Waals surface area contributed by atoms with Crippen LogP contribution in [0.15, 0.2) is 36.5 Å². The lowest BCUT2D eigenvalue weighted by Gasteiger charge is -2.36. The van der Waals surface area contributed by atoms with E-state index in [1.165, 1.54) is 11.4 Å². The van der Waals surface area contributed by atoms with E-state index >= 15 is 0 Å². The van der Waals surface area contributed by atoms with Gasteiger partial charge in [0.15, 0.2) is 0 Å². The molecule has 1 aliphatic rings. The molecule has 0 amide bonds. The van der Waals surface area contributed by atoms with Gasteiger partial charge in [0, 0.05) is 62.2 Å². The second-order valence-electron chi connectivity index (χ2n) is 9.33. The molecule has 1 aliphatic heterocycles. The first-order valence-electron chi connectivity index (χ1n) is 10.7. The van der Waals surface area contributed by atoms with Crippen molar-refractivity contribution >= 4 is 16.7 Å². The van der Waals surface area contributed by atoms with Crippen LogP contribution in [0, 0.1) is 16.7 Å². The standard InChI is InChI=1S/C24H30N6O/c1-24(2,3)17-30-20(13-18-15-26-22(14-25)27-23(18)30)16-28-9-11-29(12-10-28)19-5-7-21(31-4)8-6-19/h5-8,13,15H,9-12,16-17H2,1-4H3. The summed E-state index contributed by atoms with van der Waals surface area (Å²) in [6, 6.07) is 12.5. The summed E-state index contributed by atoms with van der Waals surface area (Å²) in [5.41, 5.74) is 3.42. The van der Waals surface area contributed by atoms with E-state index < -0.39 is 0 Å². The number of methoxy groups -OCH3 is 1. The molecule has 3 heterocycles. The normalized spacial score (nSPS) is 15.3.